The van der Waals surface area contributed by atoms with Crippen molar-refractivity contribution in [3.63, 3.8) is 0 Å². The van der Waals surface area contributed by atoms with Gasteiger partial charge in [0.1, 0.15) is 0 Å². The van der Waals surface area contributed by atoms with Gasteiger partial charge in [-0.3, -0.25) is 9.62 Å². The molecule has 4 rings (SSSR count). The summed E-state index contributed by atoms with van der Waals surface area (Å²) in [5.41, 5.74) is 2.95. The molecule has 1 saturated heterocycles. The summed E-state index contributed by atoms with van der Waals surface area (Å²) in [5.74, 6) is -0.172. The first-order valence-electron chi connectivity index (χ1n) is 10.8. The molecule has 1 heterocycles. The lowest BCUT2D eigenvalue weighted by molar-refractivity contribution is 0.0502. The third-order valence-electron chi connectivity index (χ3n) is 6.84. The predicted molar refractivity (Wildman–Crippen MR) is 125 cm³/mol. The summed E-state index contributed by atoms with van der Waals surface area (Å²) < 4.78 is 25.9. The van der Waals surface area contributed by atoms with Crippen LogP contribution in [0.3, 0.4) is 0 Å². The van der Waals surface area contributed by atoms with Crippen molar-refractivity contribution in [2.75, 3.05) is 24.1 Å². The Hall–Kier alpha value is -2.07. The maximum absolute atomic E-state index is 11.7. The molecule has 0 amide bonds. The monoisotopic (exact) mass is 457 g/mol. The number of nitrogens with one attached hydrogen (secondary N) is 1. The fraction of sp³-hybridized carbons (Fsp3) is 0.458. The zero-order valence-electron chi connectivity index (χ0n) is 17.7. The van der Waals surface area contributed by atoms with Gasteiger partial charge >= 0.3 is 0 Å². The summed E-state index contributed by atoms with van der Waals surface area (Å²) in [4.78, 5) is 2.48. The lowest BCUT2D eigenvalue weighted by atomic mass is 9.63. The smallest absolute Gasteiger partial charge is 0.229 e. The molecule has 1 aliphatic heterocycles. The normalized spacial score (nSPS) is 24.9. The average molecular weight is 458 g/mol. The second-order valence-electron chi connectivity index (χ2n) is 8.96. The molecule has 1 N–H and O–H groups in total. The molecule has 5 nitrogen and oxygen atoms in total. The Morgan fingerprint density at radius 1 is 1.26 bits per heavy atom. The van der Waals surface area contributed by atoms with Gasteiger partial charge in [0.25, 0.3) is 0 Å². The van der Waals surface area contributed by atoms with Crippen LogP contribution >= 0.6 is 11.6 Å². The SMILES string of the molecule is CS(=O)(=O)Nc1cccc(C23CCCC(C2)N(CC(C#N)c2ccc(Cl)cc2)CC3)c1. The number of hydrogen-bond donors (Lipinski definition) is 1. The maximum atomic E-state index is 11.7. The highest BCUT2D eigenvalue weighted by Gasteiger charge is 2.44. The molecule has 2 fully saturated rings. The number of halogens is 1. The van der Waals surface area contributed by atoms with Crippen LogP contribution in [0.2, 0.25) is 5.02 Å². The van der Waals surface area contributed by atoms with Crippen LogP contribution in [0.25, 0.3) is 0 Å². The van der Waals surface area contributed by atoms with E-state index in [1.807, 2.05) is 36.4 Å². The van der Waals surface area contributed by atoms with Crippen LogP contribution in [-0.2, 0) is 15.4 Å². The van der Waals surface area contributed by atoms with Gasteiger partial charge in [-0.05, 0) is 73.0 Å². The Morgan fingerprint density at radius 2 is 2.03 bits per heavy atom. The summed E-state index contributed by atoms with van der Waals surface area (Å²) >= 11 is 6.01. The van der Waals surface area contributed by atoms with Gasteiger partial charge in [-0.25, -0.2) is 8.42 Å². The summed E-state index contributed by atoms with van der Waals surface area (Å²) in [5, 5.41) is 10.5. The number of piperidine rings is 1. The van der Waals surface area contributed by atoms with Gasteiger partial charge in [0, 0.05) is 23.3 Å². The van der Waals surface area contributed by atoms with Crippen molar-refractivity contribution in [1.29, 1.82) is 5.26 Å². The van der Waals surface area contributed by atoms with E-state index in [1.165, 1.54) is 11.8 Å². The van der Waals surface area contributed by atoms with Crippen molar-refractivity contribution >= 4 is 27.3 Å². The zero-order valence-corrected chi connectivity index (χ0v) is 19.3. The number of fused-ring (bicyclic) bond motifs is 2. The minimum atomic E-state index is -3.30. The van der Waals surface area contributed by atoms with E-state index in [0.717, 1.165) is 50.8 Å². The molecule has 2 bridgehead atoms. The average Bonchev–Trinajstić information content (AvgIpc) is 2.73. The number of nitrogens with zero attached hydrogens (tertiary/aromatic N) is 2. The molecule has 7 heteroatoms. The fourth-order valence-electron chi connectivity index (χ4n) is 5.33. The highest BCUT2D eigenvalue weighted by molar-refractivity contribution is 7.92. The Kier molecular flexibility index (Phi) is 6.30. The third-order valence-corrected chi connectivity index (χ3v) is 7.69. The van der Waals surface area contributed by atoms with Crippen LogP contribution < -0.4 is 4.72 Å². The highest BCUT2D eigenvalue weighted by Crippen LogP contribution is 2.47. The van der Waals surface area contributed by atoms with Gasteiger partial charge in [-0.2, -0.15) is 5.26 Å². The summed E-state index contributed by atoms with van der Waals surface area (Å²) in [7, 11) is -3.30. The van der Waals surface area contributed by atoms with Crippen LogP contribution in [0.5, 0.6) is 0 Å². The molecule has 1 aliphatic carbocycles. The van der Waals surface area contributed by atoms with E-state index in [4.69, 9.17) is 11.6 Å². The first-order chi connectivity index (χ1) is 14.8. The van der Waals surface area contributed by atoms with Gasteiger partial charge in [0.2, 0.25) is 10.0 Å². The molecule has 3 atom stereocenters. The minimum absolute atomic E-state index is 0.0804. The van der Waals surface area contributed by atoms with Crippen LogP contribution in [0.4, 0.5) is 5.69 Å². The van der Waals surface area contributed by atoms with E-state index in [0.29, 0.717) is 16.8 Å². The lowest BCUT2D eigenvalue weighted by Crippen LogP contribution is -2.52. The lowest BCUT2D eigenvalue weighted by Gasteiger charge is -2.51. The van der Waals surface area contributed by atoms with Gasteiger partial charge in [-0.15, -0.1) is 0 Å². The highest BCUT2D eigenvalue weighted by atomic mass is 35.5. The molecule has 2 aromatic carbocycles. The quantitative estimate of drug-likeness (QED) is 0.669. The molecular formula is C24H28ClN3O2S. The molecule has 0 spiro atoms. The molecule has 0 aromatic heterocycles. The number of likely N-dealkylation sites (tertiary alicyclic amines) is 1. The summed E-state index contributed by atoms with van der Waals surface area (Å²) in [6.07, 6.45) is 6.65. The zero-order chi connectivity index (χ0) is 22.1. The number of benzene rings is 2. The largest absolute Gasteiger partial charge is 0.299 e. The minimum Gasteiger partial charge on any atom is -0.299 e. The van der Waals surface area contributed by atoms with E-state index in [9.17, 15) is 13.7 Å². The van der Waals surface area contributed by atoms with Crippen LogP contribution in [0.1, 0.15) is 49.1 Å². The molecule has 164 valence electrons. The summed E-state index contributed by atoms with van der Waals surface area (Å²) in [6.45, 7) is 1.68. The Labute approximate surface area is 190 Å². The first kappa shape index (κ1) is 22.1. The van der Waals surface area contributed by atoms with Gasteiger partial charge in [-0.1, -0.05) is 42.3 Å². The van der Waals surface area contributed by atoms with Crippen molar-refractivity contribution in [2.45, 2.75) is 49.5 Å². The number of hydrogen-bond acceptors (Lipinski definition) is 4. The molecule has 0 radical (unpaired) electrons. The maximum Gasteiger partial charge on any atom is 0.229 e. The second-order valence-corrected chi connectivity index (χ2v) is 11.1. The Balaban J connectivity index is 1.51. The molecule has 2 aliphatic rings. The van der Waals surface area contributed by atoms with Crippen molar-refractivity contribution in [1.82, 2.24) is 4.90 Å². The second kappa shape index (κ2) is 8.82. The van der Waals surface area contributed by atoms with Crippen LogP contribution in [0.15, 0.2) is 48.5 Å². The van der Waals surface area contributed by atoms with Crippen LogP contribution in [-0.4, -0.2) is 38.7 Å². The van der Waals surface area contributed by atoms with E-state index < -0.39 is 10.0 Å². The standard InChI is InChI=1S/C24H28ClN3O2S/c1-31(29,30)27-22-5-2-4-20(14-22)24-11-3-6-23(15-24)28(13-12-24)17-19(16-26)18-7-9-21(25)10-8-18/h2,4-5,7-10,14,19,23,27H,3,6,11-13,15,17H2,1H3. The van der Waals surface area contributed by atoms with E-state index in [-0.39, 0.29) is 11.3 Å². The number of anilines is 1. The molecule has 31 heavy (non-hydrogen) atoms. The van der Waals surface area contributed by atoms with E-state index >= 15 is 0 Å². The Bertz CT molecular complexity index is 1080. The van der Waals surface area contributed by atoms with Crippen molar-refractivity contribution in [3.05, 3.63) is 64.7 Å². The fourth-order valence-corrected chi connectivity index (χ4v) is 6.02. The third kappa shape index (κ3) is 5.06. The predicted octanol–water partition coefficient (Wildman–Crippen LogP) is 4.90. The topological polar surface area (TPSA) is 73.2 Å². The summed E-state index contributed by atoms with van der Waals surface area (Å²) in [6, 6.07) is 18.4. The molecular weight excluding hydrogens is 430 g/mol. The van der Waals surface area contributed by atoms with Gasteiger partial charge in [0.15, 0.2) is 0 Å². The van der Waals surface area contributed by atoms with Gasteiger partial charge in [0.05, 0.1) is 18.2 Å². The van der Waals surface area contributed by atoms with Crippen molar-refractivity contribution in [2.24, 2.45) is 0 Å². The first-order valence-corrected chi connectivity index (χ1v) is 13.0. The number of rotatable bonds is 6. The van der Waals surface area contributed by atoms with E-state index in [2.05, 4.69) is 21.8 Å². The number of sulfonamides is 1. The molecule has 3 unspecified atom stereocenters. The van der Waals surface area contributed by atoms with Crippen molar-refractivity contribution < 1.29 is 8.42 Å². The van der Waals surface area contributed by atoms with Crippen molar-refractivity contribution in [3.8, 4) is 6.07 Å². The van der Waals surface area contributed by atoms with Crippen LogP contribution in [0, 0.1) is 11.3 Å². The molecule has 1 saturated carbocycles. The number of nitriles is 1. The Morgan fingerprint density at radius 3 is 2.74 bits per heavy atom. The van der Waals surface area contributed by atoms with E-state index in [1.54, 1.807) is 6.07 Å². The van der Waals surface area contributed by atoms with Gasteiger partial charge < -0.3 is 0 Å². The molecule has 2 aromatic rings.